The Kier molecular flexibility index (Phi) is 4.73. The molecule has 2 aromatic rings. The van der Waals surface area contributed by atoms with Crippen LogP contribution in [-0.2, 0) is 11.3 Å². The summed E-state index contributed by atoms with van der Waals surface area (Å²) in [7, 11) is 1.35. The molecule has 0 saturated heterocycles. The number of hydrogen-bond donors (Lipinski definition) is 0. The third-order valence-corrected chi connectivity index (χ3v) is 3.14. The smallest absolute Gasteiger partial charge is 0.339 e. The van der Waals surface area contributed by atoms with Gasteiger partial charge in [0.1, 0.15) is 12.4 Å². The van der Waals surface area contributed by atoms with Crippen LogP contribution in [0, 0.1) is 3.57 Å². The van der Waals surface area contributed by atoms with Gasteiger partial charge in [-0.15, -0.1) is 0 Å². The van der Waals surface area contributed by atoms with Crippen LogP contribution in [0.15, 0.2) is 42.6 Å². The van der Waals surface area contributed by atoms with E-state index in [2.05, 4.69) is 27.6 Å². The van der Waals surface area contributed by atoms with Crippen LogP contribution in [0.3, 0.4) is 0 Å². The summed E-state index contributed by atoms with van der Waals surface area (Å²) in [6.45, 7) is 0.228. The van der Waals surface area contributed by atoms with Gasteiger partial charge in [-0.1, -0.05) is 6.07 Å². The van der Waals surface area contributed by atoms with Crippen molar-refractivity contribution in [3.63, 3.8) is 0 Å². The molecule has 0 aliphatic rings. The number of benzene rings is 1. The topological polar surface area (TPSA) is 48.4 Å². The molecule has 4 nitrogen and oxygen atoms in total. The number of carbonyl (C=O) groups is 1. The van der Waals surface area contributed by atoms with Gasteiger partial charge in [0.2, 0.25) is 0 Å². The summed E-state index contributed by atoms with van der Waals surface area (Å²) >= 11 is 2.21. The van der Waals surface area contributed by atoms with Gasteiger partial charge < -0.3 is 9.47 Å². The number of esters is 1. The molecule has 5 heteroatoms. The van der Waals surface area contributed by atoms with Gasteiger partial charge in [-0.25, -0.2) is 4.79 Å². The fraction of sp³-hybridized carbons (Fsp3) is 0.143. The van der Waals surface area contributed by atoms with Crippen molar-refractivity contribution in [1.29, 1.82) is 0 Å². The lowest BCUT2D eigenvalue weighted by atomic mass is 10.2. The van der Waals surface area contributed by atoms with Gasteiger partial charge in [0.25, 0.3) is 0 Å². The highest BCUT2D eigenvalue weighted by Crippen LogP contribution is 2.17. The normalized spacial score (nSPS) is 10.0. The lowest BCUT2D eigenvalue weighted by Gasteiger charge is -2.09. The fourth-order valence-electron chi connectivity index (χ4n) is 1.56. The molecule has 0 unspecified atom stereocenters. The number of hydrogen-bond acceptors (Lipinski definition) is 4. The first-order valence-corrected chi connectivity index (χ1v) is 6.69. The van der Waals surface area contributed by atoms with Crippen LogP contribution < -0.4 is 4.74 Å². The van der Waals surface area contributed by atoms with E-state index in [1.54, 1.807) is 18.3 Å². The Morgan fingerprint density at radius 3 is 2.89 bits per heavy atom. The summed E-state index contributed by atoms with van der Waals surface area (Å²) in [6, 6.07) is 11.0. The molecule has 0 fully saturated rings. The number of ether oxygens (including phenoxy) is 2. The summed E-state index contributed by atoms with van der Waals surface area (Å²) in [6.07, 6.45) is 1.62. The molecule has 0 spiro atoms. The van der Waals surface area contributed by atoms with E-state index in [1.807, 2.05) is 24.3 Å². The van der Waals surface area contributed by atoms with Gasteiger partial charge >= 0.3 is 5.97 Å². The number of pyridine rings is 1. The van der Waals surface area contributed by atoms with Crippen LogP contribution in [0.4, 0.5) is 0 Å². The molecule has 1 aromatic carbocycles. The van der Waals surface area contributed by atoms with Crippen LogP contribution >= 0.6 is 22.6 Å². The number of rotatable bonds is 4. The van der Waals surface area contributed by atoms with Crippen molar-refractivity contribution in [1.82, 2.24) is 4.98 Å². The lowest BCUT2D eigenvalue weighted by molar-refractivity contribution is 0.0597. The number of carbonyl (C=O) groups excluding carboxylic acids is 1. The second-order valence-electron chi connectivity index (χ2n) is 3.74. The Morgan fingerprint density at radius 1 is 1.32 bits per heavy atom. The summed E-state index contributed by atoms with van der Waals surface area (Å²) in [5.41, 5.74) is 0.990. The van der Waals surface area contributed by atoms with Crippen molar-refractivity contribution < 1.29 is 14.3 Å². The zero-order chi connectivity index (χ0) is 13.7. The number of aromatic nitrogens is 1. The molecule has 98 valence electrons. The molecule has 0 aliphatic carbocycles. The maximum absolute atomic E-state index is 11.6. The van der Waals surface area contributed by atoms with Crippen LogP contribution in [0.2, 0.25) is 0 Å². The molecule has 0 saturated carbocycles. The number of methoxy groups -OCH3 is 1. The molecule has 0 N–H and O–H groups in total. The average molecular weight is 369 g/mol. The van der Waals surface area contributed by atoms with Gasteiger partial charge in [0, 0.05) is 9.77 Å². The number of nitrogens with zero attached hydrogens (tertiary/aromatic N) is 1. The van der Waals surface area contributed by atoms with Gasteiger partial charge in [0.15, 0.2) is 0 Å². The van der Waals surface area contributed by atoms with E-state index in [0.29, 0.717) is 11.3 Å². The monoisotopic (exact) mass is 369 g/mol. The predicted octanol–water partition coefficient (Wildman–Crippen LogP) is 3.05. The molecular formula is C14H12INO3. The van der Waals surface area contributed by atoms with E-state index >= 15 is 0 Å². The number of halogens is 1. The van der Waals surface area contributed by atoms with Gasteiger partial charge in [-0.2, -0.15) is 0 Å². The Bertz CT molecular complexity index is 586. The van der Waals surface area contributed by atoms with E-state index < -0.39 is 5.97 Å². The van der Waals surface area contributed by atoms with Crippen LogP contribution in [0.5, 0.6) is 5.75 Å². The first-order chi connectivity index (χ1) is 9.20. The first-order valence-electron chi connectivity index (χ1n) is 5.61. The maximum atomic E-state index is 11.6. The largest absolute Gasteiger partial charge is 0.487 e. The third-order valence-electron chi connectivity index (χ3n) is 2.47. The molecule has 2 rings (SSSR count). The Labute approximate surface area is 124 Å². The second-order valence-corrected chi connectivity index (χ2v) is 4.98. The minimum absolute atomic E-state index is 0.228. The third kappa shape index (κ3) is 3.66. The van der Waals surface area contributed by atoms with Crippen molar-refractivity contribution in [3.8, 4) is 5.75 Å². The minimum Gasteiger partial charge on any atom is -0.487 e. The highest BCUT2D eigenvalue weighted by atomic mass is 127. The van der Waals surface area contributed by atoms with E-state index in [0.717, 1.165) is 9.32 Å². The SMILES string of the molecule is COC(=O)c1cccnc1COc1cccc(I)c1. The molecule has 0 amide bonds. The molecule has 1 heterocycles. The van der Waals surface area contributed by atoms with Crippen molar-refractivity contribution in [2.24, 2.45) is 0 Å². The second kappa shape index (κ2) is 6.51. The lowest BCUT2D eigenvalue weighted by Crippen LogP contribution is -2.09. The highest BCUT2D eigenvalue weighted by Gasteiger charge is 2.12. The van der Waals surface area contributed by atoms with Gasteiger partial charge in [0.05, 0.1) is 18.4 Å². The first kappa shape index (κ1) is 13.8. The van der Waals surface area contributed by atoms with Crippen molar-refractivity contribution in [3.05, 3.63) is 57.4 Å². The van der Waals surface area contributed by atoms with Crippen molar-refractivity contribution in [2.45, 2.75) is 6.61 Å². The summed E-state index contributed by atoms with van der Waals surface area (Å²) < 4.78 is 11.4. The Balaban J connectivity index is 2.13. The van der Waals surface area contributed by atoms with Crippen LogP contribution in [0.1, 0.15) is 16.1 Å². The van der Waals surface area contributed by atoms with Gasteiger partial charge in [-0.05, 0) is 52.9 Å². The molecule has 0 aliphatic heterocycles. The van der Waals surface area contributed by atoms with Gasteiger partial charge in [-0.3, -0.25) is 4.98 Å². The standard InChI is InChI=1S/C14H12INO3/c1-18-14(17)12-6-3-7-16-13(12)9-19-11-5-2-4-10(15)8-11/h2-8H,9H2,1H3. The van der Waals surface area contributed by atoms with Crippen molar-refractivity contribution >= 4 is 28.6 Å². The van der Waals surface area contributed by atoms with Crippen LogP contribution in [-0.4, -0.2) is 18.1 Å². The zero-order valence-electron chi connectivity index (χ0n) is 10.3. The van der Waals surface area contributed by atoms with E-state index in [4.69, 9.17) is 9.47 Å². The molecular weight excluding hydrogens is 357 g/mol. The van der Waals surface area contributed by atoms with E-state index in [1.165, 1.54) is 7.11 Å². The predicted molar refractivity (Wildman–Crippen MR) is 79.1 cm³/mol. The van der Waals surface area contributed by atoms with Crippen molar-refractivity contribution in [2.75, 3.05) is 7.11 Å². The highest BCUT2D eigenvalue weighted by molar-refractivity contribution is 14.1. The molecule has 0 bridgehead atoms. The molecule has 0 atom stereocenters. The average Bonchev–Trinajstić information content (AvgIpc) is 2.45. The maximum Gasteiger partial charge on any atom is 0.339 e. The van der Waals surface area contributed by atoms with Crippen LogP contribution in [0.25, 0.3) is 0 Å². The molecule has 19 heavy (non-hydrogen) atoms. The summed E-state index contributed by atoms with van der Waals surface area (Å²) in [4.78, 5) is 15.7. The Morgan fingerprint density at radius 2 is 2.16 bits per heavy atom. The van der Waals surface area contributed by atoms with E-state index in [9.17, 15) is 4.79 Å². The minimum atomic E-state index is -0.408. The summed E-state index contributed by atoms with van der Waals surface area (Å²) in [5.74, 6) is 0.336. The molecule has 0 radical (unpaired) electrons. The van der Waals surface area contributed by atoms with E-state index in [-0.39, 0.29) is 6.61 Å². The Hall–Kier alpha value is -1.63. The molecule has 1 aromatic heterocycles. The quantitative estimate of drug-likeness (QED) is 0.614. The summed E-state index contributed by atoms with van der Waals surface area (Å²) in [5, 5.41) is 0. The fourth-order valence-corrected chi connectivity index (χ4v) is 2.07. The zero-order valence-corrected chi connectivity index (χ0v) is 12.5.